The van der Waals surface area contributed by atoms with E-state index in [1.165, 1.54) is 0 Å². The summed E-state index contributed by atoms with van der Waals surface area (Å²) in [5.74, 6) is 0.162. The van der Waals surface area contributed by atoms with E-state index in [1.807, 2.05) is 0 Å². The molecule has 1 aliphatic rings. The van der Waals surface area contributed by atoms with Gasteiger partial charge in [-0.1, -0.05) is 0 Å². The van der Waals surface area contributed by atoms with Crippen molar-refractivity contribution in [3.63, 3.8) is 0 Å². The molecule has 0 radical (unpaired) electrons. The van der Waals surface area contributed by atoms with Crippen LogP contribution in [0.4, 0.5) is 0 Å². The highest BCUT2D eigenvalue weighted by molar-refractivity contribution is 5.85. The number of halogens is 1. The maximum Gasteiger partial charge on any atom is 0.217 e. The molecule has 2 atom stereocenters. The first kappa shape index (κ1) is 8.72. The van der Waals surface area contributed by atoms with E-state index in [4.69, 9.17) is 11.5 Å². The van der Waals surface area contributed by atoms with Crippen LogP contribution in [0.2, 0.25) is 0 Å². The standard InChI is InChI=1S/C5H10N2O.ClH/c6-4-1-3(4)2-5(7)8;/h3-4H,1-2,6H2,(H2,7,8);1H. The quantitative estimate of drug-likeness (QED) is 0.564. The third-order valence-electron chi connectivity index (χ3n) is 1.44. The van der Waals surface area contributed by atoms with E-state index in [0.29, 0.717) is 12.3 Å². The van der Waals surface area contributed by atoms with Crippen molar-refractivity contribution < 1.29 is 4.79 Å². The predicted molar refractivity (Wildman–Crippen MR) is 37.1 cm³/mol. The molecule has 0 heterocycles. The molecule has 3 nitrogen and oxygen atoms in total. The van der Waals surface area contributed by atoms with Crippen LogP contribution in [0.1, 0.15) is 12.8 Å². The SMILES string of the molecule is Cl.NC(=O)CC1CC1N. The number of hydrogen-bond donors (Lipinski definition) is 2. The number of carbonyl (C=O) groups is 1. The Labute approximate surface area is 60.2 Å². The normalized spacial score (nSPS) is 30.8. The van der Waals surface area contributed by atoms with Crippen LogP contribution in [0.25, 0.3) is 0 Å². The van der Waals surface area contributed by atoms with Crippen LogP contribution in [0.15, 0.2) is 0 Å². The first-order chi connectivity index (χ1) is 3.70. The molecule has 0 bridgehead atoms. The van der Waals surface area contributed by atoms with Gasteiger partial charge in [0.1, 0.15) is 0 Å². The van der Waals surface area contributed by atoms with Crippen molar-refractivity contribution in [2.45, 2.75) is 18.9 Å². The second-order valence-corrected chi connectivity index (χ2v) is 2.33. The molecule has 54 valence electrons. The zero-order valence-electron chi connectivity index (χ0n) is 5.04. The van der Waals surface area contributed by atoms with Crippen molar-refractivity contribution in [3.8, 4) is 0 Å². The maximum absolute atomic E-state index is 10.2. The average Bonchev–Trinajstić information content (AvgIpc) is 2.17. The Kier molecular flexibility index (Phi) is 2.94. The third kappa shape index (κ3) is 2.67. The lowest BCUT2D eigenvalue weighted by Gasteiger charge is -1.87. The van der Waals surface area contributed by atoms with E-state index >= 15 is 0 Å². The van der Waals surface area contributed by atoms with Gasteiger partial charge in [0.2, 0.25) is 5.91 Å². The van der Waals surface area contributed by atoms with Gasteiger partial charge in [-0.2, -0.15) is 0 Å². The molecule has 1 aliphatic carbocycles. The maximum atomic E-state index is 10.2. The Morgan fingerprint density at radius 1 is 1.67 bits per heavy atom. The lowest BCUT2D eigenvalue weighted by Crippen LogP contribution is -2.13. The Morgan fingerprint density at radius 3 is 2.22 bits per heavy atom. The van der Waals surface area contributed by atoms with Gasteiger partial charge >= 0.3 is 0 Å². The number of rotatable bonds is 2. The molecule has 1 fully saturated rings. The van der Waals surface area contributed by atoms with Gasteiger partial charge in [-0.15, -0.1) is 12.4 Å². The fourth-order valence-electron chi connectivity index (χ4n) is 0.764. The summed E-state index contributed by atoms with van der Waals surface area (Å²) in [6.45, 7) is 0. The summed E-state index contributed by atoms with van der Waals surface area (Å²) in [7, 11) is 0. The number of amides is 1. The number of carbonyl (C=O) groups excluding carboxylic acids is 1. The highest BCUT2D eigenvalue weighted by Gasteiger charge is 2.34. The molecule has 0 saturated heterocycles. The molecule has 0 spiro atoms. The van der Waals surface area contributed by atoms with Crippen LogP contribution in [0.5, 0.6) is 0 Å². The summed E-state index contributed by atoms with van der Waals surface area (Å²) in [5, 5.41) is 0. The minimum atomic E-state index is -0.233. The Balaban J connectivity index is 0.000000640. The van der Waals surface area contributed by atoms with Gasteiger partial charge in [0.25, 0.3) is 0 Å². The molecule has 0 aromatic heterocycles. The second-order valence-electron chi connectivity index (χ2n) is 2.33. The van der Waals surface area contributed by atoms with E-state index in [2.05, 4.69) is 0 Å². The van der Waals surface area contributed by atoms with E-state index in [0.717, 1.165) is 6.42 Å². The van der Waals surface area contributed by atoms with E-state index in [-0.39, 0.29) is 24.4 Å². The minimum Gasteiger partial charge on any atom is -0.370 e. The van der Waals surface area contributed by atoms with Crippen molar-refractivity contribution in [2.75, 3.05) is 0 Å². The number of nitrogens with two attached hydrogens (primary N) is 2. The molecule has 1 amide bonds. The summed E-state index contributed by atoms with van der Waals surface area (Å²) in [6.07, 6.45) is 1.45. The van der Waals surface area contributed by atoms with Gasteiger partial charge in [0.15, 0.2) is 0 Å². The molecule has 9 heavy (non-hydrogen) atoms. The van der Waals surface area contributed by atoms with Gasteiger partial charge in [-0.25, -0.2) is 0 Å². The van der Waals surface area contributed by atoms with Gasteiger partial charge in [-0.3, -0.25) is 4.79 Å². The molecule has 1 saturated carbocycles. The molecular formula is C5H11ClN2O. The smallest absolute Gasteiger partial charge is 0.217 e. The third-order valence-corrected chi connectivity index (χ3v) is 1.44. The number of hydrogen-bond acceptors (Lipinski definition) is 2. The van der Waals surface area contributed by atoms with Crippen molar-refractivity contribution in [2.24, 2.45) is 17.4 Å². The highest BCUT2D eigenvalue weighted by Crippen LogP contribution is 2.30. The molecule has 0 aromatic carbocycles. The zero-order valence-corrected chi connectivity index (χ0v) is 5.86. The first-order valence-electron chi connectivity index (χ1n) is 2.74. The summed E-state index contributed by atoms with van der Waals surface area (Å²) >= 11 is 0. The summed E-state index contributed by atoms with van der Waals surface area (Å²) in [6, 6.07) is 0.252. The molecule has 1 rings (SSSR count). The lowest BCUT2D eigenvalue weighted by atomic mass is 10.3. The fourth-order valence-corrected chi connectivity index (χ4v) is 0.764. The molecule has 0 aromatic rings. The molecule has 4 heteroatoms. The van der Waals surface area contributed by atoms with E-state index in [1.54, 1.807) is 0 Å². The first-order valence-corrected chi connectivity index (χ1v) is 2.74. The van der Waals surface area contributed by atoms with Gasteiger partial charge in [-0.05, 0) is 12.3 Å². The Hall–Kier alpha value is -0.280. The highest BCUT2D eigenvalue weighted by atomic mass is 35.5. The second kappa shape index (κ2) is 3.03. The zero-order chi connectivity index (χ0) is 6.15. The molecule has 2 unspecified atom stereocenters. The summed E-state index contributed by atoms with van der Waals surface area (Å²) in [4.78, 5) is 10.2. The number of primary amides is 1. The van der Waals surface area contributed by atoms with Crippen LogP contribution < -0.4 is 11.5 Å². The van der Waals surface area contributed by atoms with Gasteiger partial charge in [0, 0.05) is 12.5 Å². The molecular weight excluding hydrogens is 140 g/mol. The summed E-state index contributed by atoms with van der Waals surface area (Å²) in [5.41, 5.74) is 10.3. The summed E-state index contributed by atoms with van der Waals surface area (Å²) < 4.78 is 0. The van der Waals surface area contributed by atoms with Gasteiger partial charge < -0.3 is 11.5 Å². The van der Waals surface area contributed by atoms with Crippen molar-refractivity contribution in [3.05, 3.63) is 0 Å². The van der Waals surface area contributed by atoms with Crippen molar-refractivity contribution in [1.82, 2.24) is 0 Å². The predicted octanol–water partition coefficient (Wildman–Crippen LogP) is -0.369. The molecule has 0 aliphatic heterocycles. The largest absolute Gasteiger partial charge is 0.370 e. The van der Waals surface area contributed by atoms with E-state index in [9.17, 15) is 4.79 Å². The van der Waals surface area contributed by atoms with Crippen LogP contribution in [-0.4, -0.2) is 11.9 Å². The fraction of sp³-hybridized carbons (Fsp3) is 0.800. The van der Waals surface area contributed by atoms with E-state index < -0.39 is 0 Å². The van der Waals surface area contributed by atoms with Crippen LogP contribution in [-0.2, 0) is 4.79 Å². The topological polar surface area (TPSA) is 69.1 Å². The monoisotopic (exact) mass is 150 g/mol. The van der Waals surface area contributed by atoms with Crippen molar-refractivity contribution >= 4 is 18.3 Å². The minimum absolute atomic E-state index is 0. The van der Waals surface area contributed by atoms with Crippen LogP contribution >= 0.6 is 12.4 Å². The average molecular weight is 151 g/mol. The Bertz CT molecular complexity index is 118. The lowest BCUT2D eigenvalue weighted by molar-refractivity contribution is -0.118. The van der Waals surface area contributed by atoms with Crippen molar-refractivity contribution in [1.29, 1.82) is 0 Å². The Morgan fingerprint density at radius 2 is 2.11 bits per heavy atom. The van der Waals surface area contributed by atoms with Gasteiger partial charge in [0.05, 0.1) is 0 Å². The molecule has 4 N–H and O–H groups in total. The van der Waals surface area contributed by atoms with Crippen LogP contribution in [0.3, 0.4) is 0 Å². The van der Waals surface area contributed by atoms with Crippen LogP contribution in [0, 0.1) is 5.92 Å².